The Labute approximate surface area is 173 Å². The molecule has 29 heavy (non-hydrogen) atoms. The van der Waals surface area contributed by atoms with Crippen LogP contribution in [0.4, 0.5) is 0 Å². The fraction of sp³-hybridized carbons (Fsp3) is 0.652. The summed E-state index contributed by atoms with van der Waals surface area (Å²) in [5.74, 6) is 0.163. The molecule has 1 aliphatic heterocycles. The van der Waals surface area contributed by atoms with Crippen molar-refractivity contribution in [3.05, 3.63) is 29.8 Å². The molecule has 6 nitrogen and oxygen atoms in total. The van der Waals surface area contributed by atoms with Gasteiger partial charge in [0.1, 0.15) is 11.8 Å². The molecule has 1 saturated heterocycles. The molecule has 2 aliphatic rings. The highest BCUT2D eigenvalue weighted by Gasteiger charge is 2.43. The van der Waals surface area contributed by atoms with Gasteiger partial charge in [-0.2, -0.15) is 0 Å². The highest BCUT2D eigenvalue weighted by atomic mass is 16.5. The molecule has 1 aliphatic carbocycles. The van der Waals surface area contributed by atoms with E-state index in [4.69, 9.17) is 4.74 Å². The maximum atomic E-state index is 13.1. The van der Waals surface area contributed by atoms with Crippen LogP contribution in [0.1, 0.15) is 57.9 Å². The first-order chi connectivity index (χ1) is 13.8. The van der Waals surface area contributed by atoms with Crippen LogP contribution in [-0.4, -0.2) is 42.7 Å². The summed E-state index contributed by atoms with van der Waals surface area (Å²) < 4.78 is 4.99. The molecule has 2 fully saturated rings. The number of carbonyl (C=O) groups is 2. The molecule has 1 heterocycles. The van der Waals surface area contributed by atoms with E-state index in [0.717, 1.165) is 31.2 Å². The summed E-state index contributed by atoms with van der Waals surface area (Å²) >= 11 is 0. The van der Waals surface area contributed by atoms with Gasteiger partial charge in [0.25, 0.3) is 0 Å². The number of hydrogen-bond acceptors (Lipinski definition) is 5. The minimum atomic E-state index is -0.582. The minimum absolute atomic E-state index is 0.139. The van der Waals surface area contributed by atoms with Gasteiger partial charge in [0.2, 0.25) is 5.91 Å². The van der Waals surface area contributed by atoms with Crippen molar-refractivity contribution in [3.63, 3.8) is 0 Å². The van der Waals surface area contributed by atoms with Gasteiger partial charge in [-0.25, -0.2) is 4.79 Å². The fourth-order valence-electron chi connectivity index (χ4n) is 4.91. The number of phenolic OH excluding ortho intramolecular Hbond substituents is 1. The topological polar surface area (TPSA) is 87.7 Å². The molecule has 1 unspecified atom stereocenters. The Morgan fingerprint density at radius 2 is 2.00 bits per heavy atom. The van der Waals surface area contributed by atoms with Crippen LogP contribution in [0.15, 0.2) is 24.3 Å². The predicted molar refractivity (Wildman–Crippen MR) is 112 cm³/mol. The van der Waals surface area contributed by atoms with Crippen LogP contribution in [0.2, 0.25) is 0 Å². The van der Waals surface area contributed by atoms with Crippen LogP contribution < -0.4 is 10.6 Å². The van der Waals surface area contributed by atoms with E-state index in [1.54, 1.807) is 12.1 Å². The number of amides is 1. The van der Waals surface area contributed by atoms with Crippen LogP contribution in [0, 0.1) is 11.8 Å². The minimum Gasteiger partial charge on any atom is -0.508 e. The van der Waals surface area contributed by atoms with Crippen molar-refractivity contribution >= 4 is 11.9 Å². The van der Waals surface area contributed by atoms with Crippen LogP contribution in [0.3, 0.4) is 0 Å². The molecular formula is C23H34N2O4. The van der Waals surface area contributed by atoms with E-state index in [1.807, 2.05) is 12.1 Å². The number of piperidine rings is 1. The lowest BCUT2D eigenvalue weighted by Crippen LogP contribution is -2.59. The standard InChI is InChI=1S/C23H34N2O4/c1-15-14-24-19(13-23(15,2)17-10-7-11-18(26)12-17)21(27)25-20(22(28)29-3)16-8-5-4-6-9-16/h7,10-12,15-16,19-20,24,26H,4-6,8-9,13-14H2,1-3H3,(H,25,27)/t15-,19+,20?,23+/m0/s1. The Morgan fingerprint density at radius 3 is 2.66 bits per heavy atom. The van der Waals surface area contributed by atoms with E-state index < -0.39 is 12.1 Å². The van der Waals surface area contributed by atoms with E-state index in [1.165, 1.54) is 13.5 Å². The van der Waals surface area contributed by atoms with Crippen LogP contribution in [0.25, 0.3) is 0 Å². The number of nitrogens with one attached hydrogen (secondary N) is 2. The third kappa shape index (κ3) is 4.74. The quantitative estimate of drug-likeness (QED) is 0.659. The number of aromatic hydroxyl groups is 1. The second kappa shape index (κ2) is 9.16. The Morgan fingerprint density at radius 1 is 1.28 bits per heavy atom. The van der Waals surface area contributed by atoms with Crippen LogP contribution >= 0.6 is 0 Å². The number of ether oxygens (including phenoxy) is 1. The molecule has 0 spiro atoms. The first kappa shape index (κ1) is 21.6. The third-order valence-corrected chi connectivity index (χ3v) is 7.08. The van der Waals surface area contributed by atoms with Crippen molar-refractivity contribution in [2.75, 3.05) is 13.7 Å². The number of phenols is 1. The lowest BCUT2D eigenvalue weighted by molar-refractivity contribution is -0.147. The second-order valence-corrected chi connectivity index (χ2v) is 8.94. The van der Waals surface area contributed by atoms with Gasteiger partial charge in [-0.1, -0.05) is 45.2 Å². The molecule has 4 atom stereocenters. The summed E-state index contributed by atoms with van der Waals surface area (Å²) in [7, 11) is 1.38. The van der Waals surface area contributed by atoms with Gasteiger partial charge in [0, 0.05) is 0 Å². The zero-order valence-electron chi connectivity index (χ0n) is 17.7. The van der Waals surface area contributed by atoms with Gasteiger partial charge in [-0.05, 0) is 60.8 Å². The van der Waals surface area contributed by atoms with Gasteiger partial charge in [0.05, 0.1) is 13.2 Å². The number of esters is 1. The zero-order valence-corrected chi connectivity index (χ0v) is 17.7. The Kier molecular flexibility index (Phi) is 6.83. The molecule has 3 N–H and O–H groups in total. The van der Waals surface area contributed by atoms with Gasteiger partial charge in [-0.3, -0.25) is 4.79 Å². The highest BCUT2D eigenvalue weighted by molar-refractivity contribution is 5.88. The van der Waals surface area contributed by atoms with E-state index in [0.29, 0.717) is 18.9 Å². The normalized spacial score (nSPS) is 29.1. The van der Waals surface area contributed by atoms with E-state index in [9.17, 15) is 14.7 Å². The summed E-state index contributed by atoms with van der Waals surface area (Å²) in [4.78, 5) is 25.5. The van der Waals surface area contributed by atoms with Gasteiger partial charge >= 0.3 is 5.97 Å². The van der Waals surface area contributed by atoms with Crippen molar-refractivity contribution < 1.29 is 19.4 Å². The van der Waals surface area contributed by atoms with Crippen LogP contribution in [0.5, 0.6) is 5.75 Å². The van der Waals surface area contributed by atoms with Crippen molar-refractivity contribution in [1.29, 1.82) is 0 Å². The third-order valence-electron chi connectivity index (χ3n) is 7.08. The van der Waals surface area contributed by atoms with E-state index in [-0.39, 0.29) is 29.0 Å². The number of carbonyl (C=O) groups excluding carboxylic acids is 2. The molecule has 160 valence electrons. The molecule has 1 aromatic rings. The average Bonchev–Trinajstić information content (AvgIpc) is 2.74. The van der Waals surface area contributed by atoms with Crippen molar-refractivity contribution in [1.82, 2.24) is 10.6 Å². The van der Waals surface area contributed by atoms with Crippen molar-refractivity contribution in [3.8, 4) is 5.75 Å². The first-order valence-corrected chi connectivity index (χ1v) is 10.8. The summed E-state index contributed by atoms with van der Waals surface area (Å²) in [5, 5.41) is 16.3. The Bertz CT molecular complexity index is 731. The average molecular weight is 403 g/mol. The zero-order chi connectivity index (χ0) is 21.0. The van der Waals surface area contributed by atoms with Gasteiger partial charge < -0.3 is 20.5 Å². The maximum Gasteiger partial charge on any atom is 0.328 e. The molecule has 0 aromatic heterocycles. The van der Waals surface area contributed by atoms with Crippen LogP contribution in [-0.2, 0) is 19.7 Å². The molecule has 0 bridgehead atoms. The molecule has 6 heteroatoms. The Hall–Kier alpha value is -2.08. The molecule has 1 amide bonds. The second-order valence-electron chi connectivity index (χ2n) is 8.94. The highest BCUT2D eigenvalue weighted by Crippen LogP contribution is 2.40. The maximum absolute atomic E-state index is 13.1. The first-order valence-electron chi connectivity index (χ1n) is 10.8. The van der Waals surface area contributed by atoms with Crippen molar-refractivity contribution in [2.24, 2.45) is 11.8 Å². The van der Waals surface area contributed by atoms with E-state index in [2.05, 4.69) is 24.5 Å². The SMILES string of the molecule is COC(=O)C(NC(=O)[C@H]1C[C@@](C)(c2cccc(O)c2)[C@@H](C)CN1)C1CCCCC1. The number of hydrogen-bond donors (Lipinski definition) is 3. The van der Waals surface area contributed by atoms with Crippen molar-refractivity contribution in [2.45, 2.75) is 69.9 Å². The molecule has 1 aromatic carbocycles. The number of methoxy groups -OCH3 is 1. The largest absolute Gasteiger partial charge is 0.508 e. The Balaban J connectivity index is 1.74. The molecule has 1 saturated carbocycles. The number of rotatable bonds is 5. The number of benzene rings is 1. The lowest BCUT2D eigenvalue weighted by Gasteiger charge is -2.44. The predicted octanol–water partition coefficient (Wildman–Crippen LogP) is 2.89. The molecule has 3 rings (SSSR count). The summed E-state index contributed by atoms with van der Waals surface area (Å²) in [6.45, 7) is 4.99. The molecule has 0 radical (unpaired) electrons. The van der Waals surface area contributed by atoms with Gasteiger partial charge in [0.15, 0.2) is 0 Å². The monoisotopic (exact) mass is 402 g/mol. The lowest BCUT2D eigenvalue weighted by atomic mass is 9.66. The molecular weight excluding hydrogens is 368 g/mol. The fourth-order valence-corrected chi connectivity index (χ4v) is 4.91. The summed E-state index contributed by atoms with van der Waals surface area (Å²) in [6, 6.07) is 6.32. The van der Waals surface area contributed by atoms with E-state index >= 15 is 0 Å². The van der Waals surface area contributed by atoms with Gasteiger partial charge in [-0.15, -0.1) is 0 Å². The summed E-state index contributed by atoms with van der Waals surface area (Å²) in [5.41, 5.74) is 0.776. The smallest absolute Gasteiger partial charge is 0.328 e. The summed E-state index contributed by atoms with van der Waals surface area (Å²) in [6.07, 6.45) is 5.84.